The van der Waals surface area contributed by atoms with Gasteiger partial charge in [-0.3, -0.25) is 0 Å². The Morgan fingerprint density at radius 3 is 2.44 bits per heavy atom. The van der Waals surface area contributed by atoms with Crippen molar-refractivity contribution in [3.05, 3.63) is 0 Å². The van der Waals surface area contributed by atoms with E-state index in [9.17, 15) is 5.11 Å². The highest BCUT2D eigenvalue weighted by atomic mass is 16.5. The summed E-state index contributed by atoms with van der Waals surface area (Å²) < 4.78 is 5.39. The second-order valence-electron chi connectivity index (χ2n) is 6.21. The lowest BCUT2D eigenvalue weighted by Gasteiger charge is -2.39. The summed E-state index contributed by atoms with van der Waals surface area (Å²) in [6, 6.07) is 0.639. The summed E-state index contributed by atoms with van der Waals surface area (Å²) in [5.74, 6) is 0.684. The van der Waals surface area contributed by atoms with Crippen LogP contribution in [0.5, 0.6) is 0 Å². The summed E-state index contributed by atoms with van der Waals surface area (Å²) in [5.41, 5.74) is -0.383. The van der Waals surface area contributed by atoms with E-state index >= 15 is 0 Å². The van der Waals surface area contributed by atoms with Crippen LogP contribution in [0.2, 0.25) is 0 Å². The molecule has 3 heteroatoms. The minimum Gasteiger partial charge on any atom is -0.390 e. The molecule has 0 amide bonds. The lowest BCUT2D eigenvalue weighted by atomic mass is 9.75. The quantitative estimate of drug-likeness (QED) is 0.793. The fraction of sp³-hybridized carbons (Fsp3) is 1.00. The number of hydrogen-bond donors (Lipinski definition) is 2. The van der Waals surface area contributed by atoms with Gasteiger partial charge in [0.15, 0.2) is 0 Å². The molecular formula is C15H29NO2. The van der Waals surface area contributed by atoms with E-state index in [4.69, 9.17) is 4.74 Å². The van der Waals surface area contributed by atoms with Gasteiger partial charge in [0.05, 0.1) is 5.60 Å². The second-order valence-corrected chi connectivity index (χ2v) is 6.21. The summed E-state index contributed by atoms with van der Waals surface area (Å²) in [5, 5.41) is 14.3. The third-order valence-electron chi connectivity index (χ3n) is 4.61. The van der Waals surface area contributed by atoms with Crippen molar-refractivity contribution in [2.24, 2.45) is 5.92 Å². The van der Waals surface area contributed by atoms with Gasteiger partial charge >= 0.3 is 0 Å². The van der Waals surface area contributed by atoms with Gasteiger partial charge in [0, 0.05) is 19.3 Å². The van der Waals surface area contributed by atoms with Crippen LogP contribution in [0.4, 0.5) is 0 Å². The molecule has 1 saturated heterocycles. The molecule has 2 N–H and O–H groups in total. The normalized spacial score (nSPS) is 34.7. The average molecular weight is 255 g/mol. The van der Waals surface area contributed by atoms with Crippen LogP contribution in [-0.2, 0) is 4.74 Å². The third kappa shape index (κ3) is 4.22. The highest BCUT2D eigenvalue weighted by molar-refractivity contribution is 4.90. The van der Waals surface area contributed by atoms with Gasteiger partial charge in [0.25, 0.3) is 0 Å². The Kier molecular flexibility index (Phi) is 5.46. The number of nitrogens with one attached hydrogen (secondary N) is 1. The molecule has 1 heterocycles. The third-order valence-corrected chi connectivity index (χ3v) is 4.61. The minimum absolute atomic E-state index is 0.383. The maximum atomic E-state index is 10.7. The molecule has 0 aromatic carbocycles. The highest BCUT2D eigenvalue weighted by Crippen LogP contribution is 2.36. The Morgan fingerprint density at radius 1 is 1.17 bits per heavy atom. The van der Waals surface area contributed by atoms with Gasteiger partial charge in [-0.15, -0.1) is 0 Å². The molecule has 1 aliphatic carbocycles. The van der Waals surface area contributed by atoms with Gasteiger partial charge in [-0.2, -0.15) is 0 Å². The average Bonchev–Trinajstić information content (AvgIpc) is 2.39. The minimum atomic E-state index is -0.383. The number of aliphatic hydroxyl groups is 1. The van der Waals surface area contributed by atoms with Crippen molar-refractivity contribution >= 4 is 0 Å². The van der Waals surface area contributed by atoms with Crippen molar-refractivity contribution in [3.8, 4) is 0 Å². The zero-order valence-electron chi connectivity index (χ0n) is 11.8. The van der Waals surface area contributed by atoms with Crippen molar-refractivity contribution < 1.29 is 9.84 Å². The predicted octanol–water partition coefficient (Wildman–Crippen LogP) is 2.48. The molecule has 1 saturated carbocycles. The molecule has 0 radical (unpaired) electrons. The Labute approximate surface area is 111 Å². The Balaban J connectivity index is 1.72. The zero-order chi connectivity index (χ0) is 12.8. The second kappa shape index (κ2) is 6.88. The molecule has 0 aromatic heterocycles. The topological polar surface area (TPSA) is 41.5 Å². The molecule has 1 aliphatic heterocycles. The van der Waals surface area contributed by atoms with Crippen LogP contribution in [0.1, 0.15) is 58.3 Å². The van der Waals surface area contributed by atoms with Crippen LogP contribution in [0.3, 0.4) is 0 Å². The van der Waals surface area contributed by atoms with Gasteiger partial charge in [0.2, 0.25) is 0 Å². The molecule has 0 bridgehead atoms. The van der Waals surface area contributed by atoms with Crippen molar-refractivity contribution in [2.75, 3.05) is 19.8 Å². The molecule has 2 rings (SSSR count). The SMILES string of the molecule is CCCNC1CCC(O)(CC2CCOCC2)CC1. The number of rotatable bonds is 5. The van der Waals surface area contributed by atoms with Crippen LogP contribution in [0.25, 0.3) is 0 Å². The lowest BCUT2D eigenvalue weighted by molar-refractivity contribution is -0.0406. The van der Waals surface area contributed by atoms with E-state index in [1.54, 1.807) is 0 Å². The van der Waals surface area contributed by atoms with Crippen LogP contribution < -0.4 is 5.32 Å². The standard InChI is InChI=1S/C15H29NO2/c1-2-9-16-14-3-7-15(17,8-4-14)12-13-5-10-18-11-6-13/h13-14,16-17H,2-12H2,1H3. The molecule has 3 nitrogen and oxygen atoms in total. The summed E-state index contributed by atoms with van der Waals surface area (Å²) in [6.07, 6.45) is 8.70. The fourth-order valence-electron chi connectivity index (χ4n) is 3.40. The number of ether oxygens (including phenoxy) is 1. The first kappa shape index (κ1) is 14.3. The van der Waals surface area contributed by atoms with E-state index in [1.165, 1.54) is 6.42 Å². The van der Waals surface area contributed by atoms with Gasteiger partial charge in [-0.25, -0.2) is 0 Å². The molecule has 0 atom stereocenters. The maximum absolute atomic E-state index is 10.7. The van der Waals surface area contributed by atoms with E-state index in [0.717, 1.165) is 64.7 Å². The molecule has 106 valence electrons. The van der Waals surface area contributed by atoms with E-state index < -0.39 is 0 Å². The summed E-state index contributed by atoms with van der Waals surface area (Å²) in [7, 11) is 0. The van der Waals surface area contributed by atoms with E-state index in [-0.39, 0.29) is 5.60 Å². The summed E-state index contributed by atoms with van der Waals surface area (Å²) >= 11 is 0. The smallest absolute Gasteiger partial charge is 0.0651 e. The lowest BCUT2D eigenvalue weighted by Crippen LogP contribution is -2.43. The molecule has 2 aliphatic rings. The van der Waals surface area contributed by atoms with Gasteiger partial charge in [-0.05, 0) is 63.8 Å². The highest BCUT2D eigenvalue weighted by Gasteiger charge is 2.35. The van der Waals surface area contributed by atoms with Crippen molar-refractivity contribution in [1.29, 1.82) is 0 Å². The molecular weight excluding hydrogens is 226 g/mol. The first-order valence-electron chi connectivity index (χ1n) is 7.75. The Morgan fingerprint density at radius 2 is 1.83 bits per heavy atom. The van der Waals surface area contributed by atoms with Gasteiger partial charge in [-0.1, -0.05) is 6.92 Å². The summed E-state index contributed by atoms with van der Waals surface area (Å²) in [4.78, 5) is 0. The van der Waals surface area contributed by atoms with E-state index in [1.807, 2.05) is 0 Å². The van der Waals surface area contributed by atoms with E-state index in [0.29, 0.717) is 12.0 Å². The van der Waals surface area contributed by atoms with Crippen molar-refractivity contribution in [1.82, 2.24) is 5.32 Å². The van der Waals surface area contributed by atoms with E-state index in [2.05, 4.69) is 12.2 Å². The molecule has 2 fully saturated rings. The van der Waals surface area contributed by atoms with Crippen LogP contribution in [0.15, 0.2) is 0 Å². The maximum Gasteiger partial charge on any atom is 0.0651 e. The summed E-state index contributed by atoms with van der Waals surface area (Å²) in [6.45, 7) is 5.10. The number of hydrogen-bond acceptors (Lipinski definition) is 3. The van der Waals surface area contributed by atoms with Crippen molar-refractivity contribution in [3.63, 3.8) is 0 Å². The van der Waals surface area contributed by atoms with Crippen molar-refractivity contribution in [2.45, 2.75) is 69.9 Å². The molecule has 0 spiro atoms. The Hall–Kier alpha value is -0.120. The van der Waals surface area contributed by atoms with Gasteiger partial charge < -0.3 is 15.2 Å². The molecule has 0 unspecified atom stereocenters. The largest absolute Gasteiger partial charge is 0.390 e. The van der Waals surface area contributed by atoms with Gasteiger partial charge in [0.1, 0.15) is 0 Å². The molecule has 0 aromatic rings. The van der Waals surface area contributed by atoms with Crippen LogP contribution in [-0.4, -0.2) is 36.5 Å². The van der Waals surface area contributed by atoms with Crippen LogP contribution >= 0.6 is 0 Å². The zero-order valence-corrected chi connectivity index (χ0v) is 11.8. The van der Waals surface area contributed by atoms with Crippen LogP contribution in [0, 0.1) is 5.92 Å². The predicted molar refractivity (Wildman–Crippen MR) is 73.7 cm³/mol. The monoisotopic (exact) mass is 255 g/mol. The fourth-order valence-corrected chi connectivity index (χ4v) is 3.40. The molecule has 18 heavy (non-hydrogen) atoms. The Bertz CT molecular complexity index is 231. The first-order chi connectivity index (χ1) is 8.72. The first-order valence-corrected chi connectivity index (χ1v) is 7.75.